The van der Waals surface area contributed by atoms with Crippen LogP contribution in [0.1, 0.15) is 11.3 Å². The van der Waals surface area contributed by atoms with E-state index in [2.05, 4.69) is 26.2 Å². The highest BCUT2D eigenvalue weighted by Gasteiger charge is 2.24. The minimum absolute atomic E-state index is 0.162. The zero-order valence-electron chi connectivity index (χ0n) is 14.8. The van der Waals surface area contributed by atoms with Crippen LogP contribution in [0.15, 0.2) is 75.2 Å². The molecule has 1 amide bonds. The summed E-state index contributed by atoms with van der Waals surface area (Å²) in [6.45, 7) is 1.96. The Balaban J connectivity index is 1.64. The molecule has 1 N–H and O–H groups in total. The number of carbonyl (C=O) groups is 1. The van der Waals surface area contributed by atoms with Crippen molar-refractivity contribution in [3.8, 4) is 5.69 Å². The summed E-state index contributed by atoms with van der Waals surface area (Å²) >= 11 is 10.9. The molecule has 4 nitrogen and oxygen atoms in total. The molecule has 0 saturated carbocycles. The number of aliphatic imine (C=N–C) groups is 1. The minimum atomic E-state index is -0.162. The Hall–Kier alpha value is -2.28. The maximum absolute atomic E-state index is 12.4. The summed E-state index contributed by atoms with van der Waals surface area (Å²) in [5, 5.41) is 3.98. The Morgan fingerprint density at radius 1 is 1.18 bits per heavy atom. The van der Waals surface area contributed by atoms with Crippen LogP contribution < -0.4 is 5.32 Å². The van der Waals surface area contributed by atoms with Gasteiger partial charge in [0.05, 0.1) is 10.6 Å². The number of hydrogen-bond donors (Lipinski definition) is 1. The fourth-order valence-corrected chi connectivity index (χ4v) is 4.17. The smallest absolute Gasteiger partial charge is 0.264 e. The molecule has 2 aromatic carbocycles. The van der Waals surface area contributed by atoms with Crippen molar-refractivity contribution in [1.82, 2.24) is 9.88 Å². The second-order valence-corrected chi connectivity index (χ2v) is 8.58. The Morgan fingerprint density at radius 3 is 2.86 bits per heavy atom. The number of hydrogen-bond acceptors (Lipinski definition) is 3. The first kappa shape index (κ1) is 19.1. The first-order valence-corrected chi connectivity index (χ1v) is 10.5. The molecular formula is C21H15BrClN3OS. The van der Waals surface area contributed by atoms with Gasteiger partial charge in [0.2, 0.25) is 0 Å². The molecular weight excluding hydrogens is 458 g/mol. The van der Waals surface area contributed by atoms with Crippen LogP contribution in [0.25, 0.3) is 11.8 Å². The van der Waals surface area contributed by atoms with Crippen molar-refractivity contribution in [2.24, 2.45) is 4.99 Å². The number of nitrogens with one attached hydrogen (secondary N) is 1. The molecule has 0 radical (unpaired) electrons. The van der Waals surface area contributed by atoms with Crippen molar-refractivity contribution >= 4 is 62.1 Å². The van der Waals surface area contributed by atoms with Crippen LogP contribution in [0.2, 0.25) is 5.02 Å². The normalized spacial score (nSPS) is 16.8. The lowest BCUT2D eigenvalue weighted by molar-refractivity contribution is -0.115. The number of aryl methyl sites for hydroxylation is 1. The van der Waals surface area contributed by atoms with Crippen LogP contribution in [0.4, 0.5) is 5.69 Å². The molecule has 3 aromatic rings. The van der Waals surface area contributed by atoms with E-state index in [1.807, 2.05) is 72.3 Å². The van der Waals surface area contributed by atoms with Crippen LogP contribution in [0.5, 0.6) is 0 Å². The van der Waals surface area contributed by atoms with Crippen molar-refractivity contribution in [3.63, 3.8) is 0 Å². The van der Waals surface area contributed by atoms with Crippen molar-refractivity contribution in [2.45, 2.75) is 6.92 Å². The summed E-state index contributed by atoms with van der Waals surface area (Å²) in [5.41, 5.74) is 3.66. The van der Waals surface area contributed by atoms with E-state index in [0.29, 0.717) is 15.1 Å². The lowest BCUT2D eigenvalue weighted by atomic mass is 10.2. The summed E-state index contributed by atoms with van der Waals surface area (Å²) in [4.78, 5) is 17.6. The van der Waals surface area contributed by atoms with Gasteiger partial charge in [-0.05, 0) is 72.8 Å². The van der Waals surface area contributed by atoms with E-state index in [1.165, 1.54) is 11.8 Å². The summed E-state index contributed by atoms with van der Waals surface area (Å²) in [5.74, 6) is -0.162. The Labute approximate surface area is 180 Å². The van der Waals surface area contributed by atoms with Gasteiger partial charge in [-0.2, -0.15) is 0 Å². The Bertz CT molecular complexity index is 1140. The van der Waals surface area contributed by atoms with Crippen molar-refractivity contribution in [3.05, 3.63) is 86.5 Å². The average Bonchev–Trinajstić information content (AvgIpc) is 3.25. The molecule has 7 heteroatoms. The minimum Gasteiger partial charge on any atom is -0.317 e. The number of nitrogens with zero attached hydrogens (tertiary/aromatic N) is 2. The monoisotopic (exact) mass is 471 g/mol. The average molecular weight is 473 g/mol. The van der Waals surface area contributed by atoms with E-state index in [0.717, 1.165) is 27.1 Å². The Kier molecular flexibility index (Phi) is 5.44. The summed E-state index contributed by atoms with van der Waals surface area (Å²) in [6.07, 6.45) is 3.84. The second-order valence-electron chi connectivity index (χ2n) is 6.20. The number of thioether (sulfide) groups is 1. The van der Waals surface area contributed by atoms with Crippen LogP contribution in [-0.2, 0) is 4.79 Å². The molecule has 1 fully saturated rings. The number of amides is 1. The predicted molar refractivity (Wildman–Crippen MR) is 120 cm³/mol. The third-order valence-corrected chi connectivity index (χ3v) is 5.83. The molecule has 1 aliphatic rings. The molecule has 1 aromatic heterocycles. The molecule has 140 valence electrons. The van der Waals surface area contributed by atoms with Crippen molar-refractivity contribution in [2.75, 3.05) is 0 Å². The molecule has 1 aliphatic heterocycles. The van der Waals surface area contributed by atoms with Crippen LogP contribution in [0, 0.1) is 6.92 Å². The third kappa shape index (κ3) is 4.09. The molecule has 1 saturated heterocycles. The number of rotatable bonds is 3. The predicted octanol–water partition coefficient (Wildman–Crippen LogP) is 6.09. The number of benzene rings is 2. The van der Waals surface area contributed by atoms with Crippen LogP contribution >= 0.6 is 39.3 Å². The topological polar surface area (TPSA) is 46.4 Å². The largest absolute Gasteiger partial charge is 0.317 e. The number of carbonyl (C=O) groups excluding carboxylic acids is 1. The van der Waals surface area contributed by atoms with E-state index >= 15 is 0 Å². The lowest BCUT2D eigenvalue weighted by Gasteiger charge is -2.07. The zero-order chi connectivity index (χ0) is 19.7. The standard InChI is InChI=1S/C21H15BrClN3OS/c1-13-7-8-15(23)11-18(13)24-21-25-20(27)19(28-21)12-17-6-3-9-26(17)16-5-2-4-14(22)10-16/h2-12H,1H3,(H,24,25,27)/b19-12-. The lowest BCUT2D eigenvalue weighted by Crippen LogP contribution is -2.19. The third-order valence-electron chi connectivity index (χ3n) is 4.19. The maximum atomic E-state index is 12.4. The van der Waals surface area contributed by atoms with Crippen LogP contribution in [0.3, 0.4) is 0 Å². The first-order chi connectivity index (χ1) is 13.5. The highest BCUT2D eigenvalue weighted by Crippen LogP contribution is 2.31. The zero-order valence-corrected chi connectivity index (χ0v) is 18.0. The van der Waals surface area contributed by atoms with E-state index < -0.39 is 0 Å². The first-order valence-electron chi connectivity index (χ1n) is 8.49. The molecule has 2 heterocycles. The van der Waals surface area contributed by atoms with Gasteiger partial charge < -0.3 is 9.88 Å². The quantitative estimate of drug-likeness (QED) is 0.469. The fourth-order valence-electron chi connectivity index (χ4n) is 2.80. The van der Waals surface area contributed by atoms with E-state index in [-0.39, 0.29) is 5.91 Å². The maximum Gasteiger partial charge on any atom is 0.264 e. The number of amidine groups is 1. The SMILES string of the molecule is Cc1ccc(Cl)cc1N=C1NC(=O)/C(=C/c2cccn2-c2cccc(Br)c2)S1. The van der Waals surface area contributed by atoms with Crippen molar-refractivity contribution < 1.29 is 4.79 Å². The summed E-state index contributed by atoms with van der Waals surface area (Å²) in [7, 11) is 0. The van der Waals surface area contributed by atoms with Gasteiger partial charge in [0.15, 0.2) is 5.17 Å². The van der Waals surface area contributed by atoms with Crippen LogP contribution in [-0.4, -0.2) is 15.6 Å². The van der Waals surface area contributed by atoms with Gasteiger partial charge in [-0.1, -0.05) is 39.7 Å². The highest BCUT2D eigenvalue weighted by molar-refractivity contribution is 9.10. The van der Waals surface area contributed by atoms with Gasteiger partial charge in [-0.3, -0.25) is 4.79 Å². The molecule has 0 aliphatic carbocycles. The van der Waals surface area contributed by atoms with E-state index in [9.17, 15) is 4.79 Å². The molecule has 0 bridgehead atoms. The number of aromatic nitrogens is 1. The Morgan fingerprint density at radius 2 is 2.04 bits per heavy atom. The van der Waals surface area contributed by atoms with Gasteiger partial charge >= 0.3 is 0 Å². The second kappa shape index (κ2) is 7.99. The molecule has 28 heavy (non-hydrogen) atoms. The van der Waals surface area contributed by atoms with Crippen molar-refractivity contribution in [1.29, 1.82) is 0 Å². The molecule has 0 atom stereocenters. The fraction of sp³-hybridized carbons (Fsp3) is 0.0476. The molecule has 4 rings (SSSR count). The summed E-state index contributed by atoms with van der Waals surface area (Å²) in [6, 6.07) is 17.4. The van der Waals surface area contributed by atoms with Gasteiger partial charge in [-0.15, -0.1) is 0 Å². The van der Waals surface area contributed by atoms with Gasteiger partial charge in [-0.25, -0.2) is 4.99 Å². The van der Waals surface area contributed by atoms with Gasteiger partial charge in [0.25, 0.3) is 5.91 Å². The summed E-state index contributed by atoms with van der Waals surface area (Å²) < 4.78 is 3.03. The van der Waals surface area contributed by atoms with Gasteiger partial charge in [0.1, 0.15) is 0 Å². The highest BCUT2D eigenvalue weighted by atomic mass is 79.9. The van der Waals surface area contributed by atoms with E-state index in [1.54, 1.807) is 6.07 Å². The number of halogens is 2. The molecule has 0 unspecified atom stereocenters. The van der Waals surface area contributed by atoms with E-state index in [4.69, 9.17) is 11.6 Å². The molecule has 0 spiro atoms. The van der Waals surface area contributed by atoms with Gasteiger partial charge in [0, 0.05) is 27.1 Å².